The highest BCUT2D eigenvalue weighted by Gasteiger charge is 2.31. The Morgan fingerprint density at radius 3 is 2.60 bits per heavy atom. The molecule has 1 aliphatic heterocycles. The molecule has 3 rings (SSSR count). The fraction of sp³-hybridized carbons (Fsp3) is 0.292. The minimum Gasteiger partial charge on any atom is -0.423 e. The van der Waals surface area contributed by atoms with Crippen molar-refractivity contribution in [3.05, 3.63) is 70.1 Å². The van der Waals surface area contributed by atoms with Gasteiger partial charge in [-0.25, -0.2) is 4.79 Å². The lowest BCUT2D eigenvalue weighted by Crippen LogP contribution is -2.28. The van der Waals surface area contributed by atoms with Gasteiger partial charge in [-0.15, -0.1) is 0 Å². The molecule has 156 valence electrons. The smallest absolute Gasteiger partial charge is 0.343 e. The van der Waals surface area contributed by atoms with E-state index in [0.29, 0.717) is 27.1 Å². The van der Waals surface area contributed by atoms with Crippen molar-refractivity contribution in [2.75, 3.05) is 6.54 Å². The molecule has 2 aromatic carbocycles. The molecular weight excluding hydrogens is 414 g/mol. The Labute approximate surface area is 187 Å². The van der Waals surface area contributed by atoms with Crippen LogP contribution in [0.25, 0.3) is 6.08 Å². The number of thiocarbonyl (C=S) groups is 1. The van der Waals surface area contributed by atoms with Gasteiger partial charge in [-0.05, 0) is 49.2 Å². The second-order valence-corrected chi connectivity index (χ2v) is 8.90. The van der Waals surface area contributed by atoms with Crippen molar-refractivity contribution in [3.63, 3.8) is 0 Å². The molecule has 0 spiro atoms. The van der Waals surface area contributed by atoms with Crippen LogP contribution in [0.5, 0.6) is 5.75 Å². The van der Waals surface area contributed by atoms with Crippen molar-refractivity contribution in [1.82, 2.24) is 4.90 Å². The van der Waals surface area contributed by atoms with E-state index >= 15 is 0 Å². The first kappa shape index (κ1) is 22.2. The third-order valence-electron chi connectivity index (χ3n) is 4.75. The van der Waals surface area contributed by atoms with Gasteiger partial charge < -0.3 is 4.74 Å². The maximum absolute atomic E-state index is 12.7. The first-order chi connectivity index (χ1) is 14.5. The van der Waals surface area contributed by atoms with E-state index in [4.69, 9.17) is 17.0 Å². The number of benzene rings is 2. The van der Waals surface area contributed by atoms with Gasteiger partial charge in [0.25, 0.3) is 5.91 Å². The molecule has 4 nitrogen and oxygen atoms in total. The van der Waals surface area contributed by atoms with E-state index in [1.54, 1.807) is 29.2 Å². The van der Waals surface area contributed by atoms with E-state index < -0.39 is 5.97 Å². The number of carbonyl (C=O) groups excluding carboxylic acids is 2. The Bertz CT molecular complexity index is 967. The topological polar surface area (TPSA) is 46.6 Å². The standard InChI is InChI=1S/C24H25NO3S2/c1-3-4-5-6-14-25-22(26)21(30-24(25)29)16-18-10-12-20(13-11-18)28-23(27)19-9-7-8-17(2)15-19/h7-13,15-16H,3-6,14H2,1-2H3. The number of carbonyl (C=O) groups is 2. The summed E-state index contributed by atoms with van der Waals surface area (Å²) in [6.07, 6.45) is 6.24. The zero-order valence-electron chi connectivity index (χ0n) is 17.2. The monoisotopic (exact) mass is 439 g/mol. The number of nitrogens with zero attached hydrogens (tertiary/aromatic N) is 1. The predicted molar refractivity (Wildman–Crippen MR) is 127 cm³/mol. The average Bonchev–Trinajstić information content (AvgIpc) is 2.99. The number of aryl methyl sites for hydroxylation is 1. The zero-order chi connectivity index (χ0) is 21.5. The molecule has 1 amide bonds. The van der Waals surface area contributed by atoms with Crippen molar-refractivity contribution in [2.24, 2.45) is 0 Å². The van der Waals surface area contributed by atoms with Gasteiger partial charge >= 0.3 is 5.97 Å². The summed E-state index contributed by atoms with van der Waals surface area (Å²) in [7, 11) is 0. The lowest BCUT2D eigenvalue weighted by atomic mass is 10.1. The van der Waals surface area contributed by atoms with Gasteiger partial charge in [-0.2, -0.15) is 0 Å². The third kappa shape index (κ3) is 5.80. The summed E-state index contributed by atoms with van der Waals surface area (Å²) >= 11 is 6.72. The summed E-state index contributed by atoms with van der Waals surface area (Å²) in [5, 5.41) is 0. The van der Waals surface area contributed by atoms with Gasteiger partial charge in [0, 0.05) is 6.54 Å². The van der Waals surface area contributed by atoms with Crippen LogP contribution in [0.1, 0.15) is 54.1 Å². The number of thioether (sulfide) groups is 1. The van der Waals surface area contributed by atoms with Gasteiger partial charge in [0.2, 0.25) is 0 Å². The van der Waals surface area contributed by atoms with Crippen LogP contribution in [0, 0.1) is 6.92 Å². The van der Waals surface area contributed by atoms with Crippen LogP contribution in [0.4, 0.5) is 0 Å². The molecule has 1 saturated heterocycles. The van der Waals surface area contributed by atoms with E-state index in [-0.39, 0.29) is 5.91 Å². The Morgan fingerprint density at radius 2 is 1.90 bits per heavy atom. The van der Waals surface area contributed by atoms with Gasteiger partial charge in [0.15, 0.2) is 0 Å². The Morgan fingerprint density at radius 1 is 1.13 bits per heavy atom. The first-order valence-electron chi connectivity index (χ1n) is 10.1. The number of hydrogen-bond acceptors (Lipinski definition) is 5. The summed E-state index contributed by atoms with van der Waals surface area (Å²) in [4.78, 5) is 27.3. The largest absolute Gasteiger partial charge is 0.423 e. The van der Waals surface area contributed by atoms with E-state index in [1.165, 1.54) is 18.2 Å². The van der Waals surface area contributed by atoms with Crippen LogP contribution < -0.4 is 4.74 Å². The van der Waals surface area contributed by atoms with Crippen LogP contribution in [0.15, 0.2) is 53.4 Å². The summed E-state index contributed by atoms with van der Waals surface area (Å²) < 4.78 is 6.06. The number of ether oxygens (including phenoxy) is 1. The summed E-state index contributed by atoms with van der Waals surface area (Å²) in [6, 6.07) is 14.4. The highest BCUT2D eigenvalue weighted by molar-refractivity contribution is 8.26. The molecule has 0 unspecified atom stereocenters. The SMILES string of the molecule is CCCCCCN1C(=O)C(=Cc2ccc(OC(=O)c3cccc(C)c3)cc2)SC1=S. The van der Waals surface area contributed by atoms with Crippen molar-refractivity contribution in [1.29, 1.82) is 0 Å². The van der Waals surface area contributed by atoms with Gasteiger partial charge in [-0.3, -0.25) is 9.69 Å². The fourth-order valence-electron chi connectivity index (χ4n) is 3.11. The normalized spacial score (nSPS) is 15.1. The Kier molecular flexibility index (Phi) is 7.82. The van der Waals surface area contributed by atoms with Crippen molar-refractivity contribution in [3.8, 4) is 5.75 Å². The van der Waals surface area contributed by atoms with Gasteiger partial charge in [0.05, 0.1) is 10.5 Å². The van der Waals surface area contributed by atoms with Crippen molar-refractivity contribution >= 4 is 46.3 Å². The zero-order valence-corrected chi connectivity index (χ0v) is 18.9. The van der Waals surface area contributed by atoms with Crippen LogP contribution in [-0.4, -0.2) is 27.6 Å². The van der Waals surface area contributed by atoms with Crippen LogP contribution >= 0.6 is 24.0 Å². The summed E-state index contributed by atoms with van der Waals surface area (Å²) in [5.74, 6) is 0.0361. The second-order valence-electron chi connectivity index (χ2n) is 7.22. The third-order valence-corrected chi connectivity index (χ3v) is 6.13. The molecule has 2 aromatic rings. The highest BCUT2D eigenvalue weighted by Crippen LogP contribution is 2.33. The Hall–Kier alpha value is -2.44. The molecule has 0 atom stereocenters. The first-order valence-corrected chi connectivity index (χ1v) is 11.3. The number of esters is 1. The second kappa shape index (κ2) is 10.5. The summed E-state index contributed by atoms with van der Waals surface area (Å²) in [6.45, 7) is 4.77. The molecule has 6 heteroatoms. The predicted octanol–water partition coefficient (Wildman–Crippen LogP) is 6.00. The van der Waals surface area contributed by atoms with E-state index in [0.717, 1.165) is 30.4 Å². The molecule has 1 fully saturated rings. The number of amides is 1. The maximum atomic E-state index is 12.7. The van der Waals surface area contributed by atoms with Gasteiger partial charge in [0.1, 0.15) is 10.1 Å². The van der Waals surface area contributed by atoms with Crippen LogP contribution in [-0.2, 0) is 4.79 Å². The number of hydrogen-bond donors (Lipinski definition) is 0. The van der Waals surface area contributed by atoms with Crippen LogP contribution in [0.2, 0.25) is 0 Å². The molecule has 1 heterocycles. The number of unbranched alkanes of at least 4 members (excludes halogenated alkanes) is 3. The van der Waals surface area contributed by atoms with E-state index in [9.17, 15) is 9.59 Å². The molecule has 0 saturated carbocycles. The van der Waals surface area contributed by atoms with E-state index in [1.807, 2.05) is 37.3 Å². The van der Waals surface area contributed by atoms with E-state index in [2.05, 4.69) is 6.92 Å². The highest BCUT2D eigenvalue weighted by atomic mass is 32.2. The minimum atomic E-state index is -0.393. The quantitative estimate of drug-likeness (QED) is 0.166. The number of rotatable bonds is 8. The molecule has 30 heavy (non-hydrogen) atoms. The molecule has 0 aliphatic carbocycles. The molecule has 0 radical (unpaired) electrons. The summed E-state index contributed by atoms with van der Waals surface area (Å²) in [5.41, 5.74) is 2.38. The van der Waals surface area contributed by atoms with Crippen molar-refractivity contribution < 1.29 is 14.3 Å². The molecule has 0 aromatic heterocycles. The van der Waals surface area contributed by atoms with Gasteiger partial charge in [-0.1, -0.05) is 80.0 Å². The molecular formula is C24H25NO3S2. The maximum Gasteiger partial charge on any atom is 0.343 e. The lowest BCUT2D eigenvalue weighted by molar-refractivity contribution is -0.122. The Balaban J connectivity index is 1.62. The lowest BCUT2D eigenvalue weighted by Gasteiger charge is -2.13. The molecule has 1 aliphatic rings. The minimum absolute atomic E-state index is 0.0311. The average molecular weight is 440 g/mol. The molecule has 0 N–H and O–H groups in total. The molecule has 0 bridgehead atoms. The van der Waals surface area contributed by atoms with Crippen LogP contribution in [0.3, 0.4) is 0 Å². The van der Waals surface area contributed by atoms with Crippen molar-refractivity contribution in [2.45, 2.75) is 39.5 Å². The fourth-order valence-corrected chi connectivity index (χ4v) is 4.42.